The lowest BCUT2D eigenvalue weighted by Crippen LogP contribution is -2.10. The van der Waals surface area contributed by atoms with Crippen LogP contribution in [0.3, 0.4) is 0 Å². The summed E-state index contributed by atoms with van der Waals surface area (Å²) in [6, 6.07) is 2.72. The topological polar surface area (TPSA) is 134 Å². The number of hydrogen-bond donors (Lipinski definition) is 1. The number of thioether (sulfide) groups is 1. The molecule has 0 aliphatic carbocycles. The average Bonchev–Trinajstić information content (AvgIpc) is 2.96. The van der Waals surface area contributed by atoms with E-state index in [0.717, 1.165) is 11.8 Å². The monoisotopic (exact) mass is 336 g/mol. The number of anilines is 1. The van der Waals surface area contributed by atoms with Crippen molar-refractivity contribution in [2.24, 2.45) is 0 Å². The molecule has 0 aliphatic rings. The first-order valence-corrected chi connectivity index (χ1v) is 7.26. The molecule has 2 aromatic rings. The molecule has 10 heteroatoms. The number of aromatic nitrogens is 2. The van der Waals surface area contributed by atoms with Gasteiger partial charge in [-0.1, -0.05) is 11.8 Å². The van der Waals surface area contributed by atoms with Gasteiger partial charge in [0.1, 0.15) is 22.1 Å². The normalized spacial score (nSPS) is 10.8. The van der Waals surface area contributed by atoms with E-state index in [9.17, 15) is 14.9 Å². The van der Waals surface area contributed by atoms with Crippen molar-refractivity contribution in [2.75, 3.05) is 12.3 Å². The summed E-state index contributed by atoms with van der Waals surface area (Å²) in [4.78, 5) is 29.4. The van der Waals surface area contributed by atoms with Gasteiger partial charge in [-0.05, 0) is 24.5 Å². The molecule has 0 atom stereocenters. The Morgan fingerprint density at radius 1 is 1.57 bits per heavy atom. The van der Waals surface area contributed by atoms with Crippen LogP contribution in [0.1, 0.15) is 23.0 Å². The van der Waals surface area contributed by atoms with Crippen LogP contribution in [-0.4, -0.2) is 27.5 Å². The maximum absolute atomic E-state index is 11.6. The Bertz CT molecular complexity index is 759. The second-order valence-corrected chi connectivity index (χ2v) is 4.90. The standard InChI is InChI=1S/C13H12N4O5S/c1-2-21-12(18)9-7-15-13(16-11(9)14)23-6-5-8-3-4-10(22-8)17(19)20/h3-7H,2H2,1H3,(H2,14,15,16)/b6-5+. The SMILES string of the molecule is CCOC(=O)c1cnc(S/C=C/c2ccc([N+](=O)[O-])o2)nc1N. The number of hydrogen-bond acceptors (Lipinski definition) is 9. The summed E-state index contributed by atoms with van der Waals surface area (Å²) in [7, 11) is 0. The zero-order valence-electron chi connectivity index (χ0n) is 12.0. The molecule has 0 spiro atoms. The second kappa shape index (κ2) is 7.40. The van der Waals surface area contributed by atoms with Crippen LogP contribution in [0.25, 0.3) is 6.08 Å². The van der Waals surface area contributed by atoms with Crippen LogP contribution in [0.5, 0.6) is 0 Å². The molecule has 9 nitrogen and oxygen atoms in total. The minimum Gasteiger partial charge on any atom is -0.462 e. The highest BCUT2D eigenvalue weighted by molar-refractivity contribution is 8.02. The smallest absolute Gasteiger partial charge is 0.433 e. The molecule has 0 unspecified atom stereocenters. The molecule has 23 heavy (non-hydrogen) atoms. The van der Waals surface area contributed by atoms with Crippen LogP contribution >= 0.6 is 11.8 Å². The zero-order chi connectivity index (χ0) is 16.8. The van der Waals surface area contributed by atoms with Crippen LogP contribution < -0.4 is 5.73 Å². The number of nitrogens with two attached hydrogens (primary N) is 1. The van der Waals surface area contributed by atoms with Crippen LogP contribution in [0.15, 0.2) is 33.3 Å². The fraction of sp³-hybridized carbons (Fsp3) is 0.154. The van der Waals surface area contributed by atoms with Gasteiger partial charge in [-0.25, -0.2) is 14.8 Å². The van der Waals surface area contributed by atoms with Crippen molar-refractivity contribution in [1.29, 1.82) is 0 Å². The van der Waals surface area contributed by atoms with Crippen molar-refractivity contribution in [3.8, 4) is 0 Å². The van der Waals surface area contributed by atoms with Crippen molar-refractivity contribution in [1.82, 2.24) is 9.97 Å². The Labute approximate surface area is 134 Å². The predicted octanol–water partition coefficient (Wildman–Crippen LogP) is 2.50. The molecule has 2 N–H and O–H groups in total. The lowest BCUT2D eigenvalue weighted by molar-refractivity contribution is -0.402. The Morgan fingerprint density at radius 2 is 2.35 bits per heavy atom. The molecule has 0 saturated heterocycles. The second-order valence-electron chi connectivity index (χ2n) is 4.03. The van der Waals surface area contributed by atoms with E-state index in [1.807, 2.05) is 0 Å². The predicted molar refractivity (Wildman–Crippen MR) is 82.7 cm³/mol. The Kier molecular flexibility index (Phi) is 5.31. The van der Waals surface area contributed by atoms with Gasteiger partial charge in [0.15, 0.2) is 5.16 Å². The highest BCUT2D eigenvalue weighted by Crippen LogP contribution is 2.21. The van der Waals surface area contributed by atoms with Gasteiger partial charge in [-0.2, -0.15) is 0 Å². The quantitative estimate of drug-likeness (QED) is 0.277. The summed E-state index contributed by atoms with van der Waals surface area (Å²) in [5, 5.41) is 12.4. The fourth-order valence-corrected chi connectivity index (χ4v) is 2.08. The van der Waals surface area contributed by atoms with E-state index in [1.54, 1.807) is 12.3 Å². The summed E-state index contributed by atoms with van der Waals surface area (Å²) >= 11 is 1.12. The summed E-state index contributed by atoms with van der Waals surface area (Å²) in [6.07, 6.45) is 2.81. The molecular formula is C13H12N4O5S. The number of carbonyl (C=O) groups is 1. The minimum atomic E-state index is -0.623. The number of ether oxygens (including phenoxy) is 1. The maximum atomic E-state index is 11.6. The van der Waals surface area contributed by atoms with Gasteiger partial charge in [-0.15, -0.1) is 0 Å². The maximum Gasteiger partial charge on any atom is 0.433 e. The number of carbonyl (C=O) groups excluding carboxylic acids is 1. The van der Waals surface area contributed by atoms with Crippen molar-refractivity contribution >= 4 is 35.5 Å². The van der Waals surface area contributed by atoms with Crippen molar-refractivity contribution in [3.63, 3.8) is 0 Å². The molecule has 0 amide bonds. The average molecular weight is 336 g/mol. The largest absolute Gasteiger partial charge is 0.462 e. The Balaban J connectivity index is 2.02. The van der Waals surface area contributed by atoms with Crippen molar-refractivity contribution < 1.29 is 18.9 Å². The van der Waals surface area contributed by atoms with Crippen LogP contribution in [0.2, 0.25) is 0 Å². The first-order chi connectivity index (χ1) is 11.0. The third-order valence-corrected chi connectivity index (χ3v) is 3.17. The highest BCUT2D eigenvalue weighted by atomic mass is 32.2. The molecular weight excluding hydrogens is 324 g/mol. The third-order valence-electron chi connectivity index (χ3n) is 2.49. The van der Waals surface area contributed by atoms with E-state index in [-0.39, 0.29) is 23.9 Å². The number of nitro groups is 1. The van der Waals surface area contributed by atoms with Gasteiger partial charge < -0.3 is 14.9 Å². The van der Waals surface area contributed by atoms with E-state index >= 15 is 0 Å². The highest BCUT2D eigenvalue weighted by Gasteiger charge is 2.13. The van der Waals surface area contributed by atoms with E-state index in [4.69, 9.17) is 14.9 Å². The molecule has 2 rings (SSSR count). The molecule has 0 bridgehead atoms. The summed E-state index contributed by atoms with van der Waals surface area (Å²) in [6.45, 7) is 1.91. The molecule has 0 aliphatic heterocycles. The molecule has 0 saturated carbocycles. The number of esters is 1. The number of furan rings is 1. The van der Waals surface area contributed by atoms with Crippen LogP contribution in [-0.2, 0) is 4.74 Å². The first-order valence-electron chi connectivity index (χ1n) is 6.38. The van der Waals surface area contributed by atoms with Gasteiger partial charge >= 0.3 is 11.9 Å². The Hall–Kier alpha value is -2.88. The number of nitrogens with zero attached hydrogens (tertiary/aromatic N) is 3. The lowest BCUT2D eigenvalue weighted by Gasteiger charge is -2.04. The summed E-state index contributed by atoms with van der Waals surface area (Å²) in [5.74, 6) is -0.586. The van der Waals surface area contributed by atoms with Gasteiger partial charge in [0.25, 0.3) is 0 Å². The summed E-state index contributed by atoms with van der Waals surface area (Å²) < 4.78 is 9.78. The number of rotatable bonds is 6. The zero-order valence-corrected chi connectivity index (χ0v) is 12.8. The molecule has 0 fully saturated rings. The molecule has 2 aromatic heterocycles. The molecule has 120 valence electrons. The van der Waals surface area contributed by atoms with Crippen LogP contribution in [0, 0.1) is 10.1 Å². The van der Waals surface area contributed by atoms with Gasteiger partial charge in [0.05, 0.1) is 12.7 Å². The fourth-order valence-electron chi connectivity index (χ4n) is 1.49. The number of nitrogen functional groups attached to an aromatic ring is 1. The third kappa shape index (κ3) is 4.30. The van der Waals surface area contributed by atoms with Crippen LogP contribution in [0.4, 0.5) is 11.7 Å². The molecule has 2 heterocycles. The van der Waals surface area contributed by atoms with Gasteiger partial charge in [0, 0.05) is 6.20 Å². The first kappa shape index (κ1) is 16.5. The van der Waals surface area contributed by atoms with E-state index < -0.39 is 10.9 Å². The molecule has 0 aromatic carbocycles. The summed E-state index contributed by atoms with van der Waals surface area (Å²) in [5.41, 5.74) is 5.79. The Morgan fingerprint density at radius 3 is 2.96 bits per heavy atom. The molecule has 0 radical (unpaired) electrons. The lowest BCUT2D eigenvalue weighted by atomic mass is 10.3. The van der Waals surface area contributed by atoms with E-state index in [2.05, 4.69) is 9.97 Å². The van der Waals surface area contributed by atoms with Gasteiger partial charge in [-0.3, -0.25) is 10.1 Å². The minimum absolute atomic E-state index is 0.0167. The van der Waals surface area contributed by atoms with Crippen molar-refractivity contribution in [3.05, 3.63) is 45.2 Å². The van der Waals surface area contributed by atoms with E-state index in [0.29, 0.717) is 10.9 Å². The van der Waals surface area contributed by atoms with Crippen molar-refractivity contribution in [2.45, 2.75) is 12.1 Å². The van der Waals surface area contributed by atoms with E-state index in [1.165, 1.54) is 24.4 Å². The van der Waals surface area contributed by atoms with Gasteiger partial charge in [0.2, 0.25) is 0 Å².